The summed E-state index contributed by atoms with van der Waals surface area (Å²) in [6.45, 7) is 6.15. The van der Waals surface area contributed by atoms with Crippen molar-refractivity contribution in [3.63, 3.8) is 0 Å². The molecular weight excluding hydrogens is 338 g/mol. The summed E-state index contributed by atoms with van der Waals surface area (Å²) in [5.41, 5.74) is 3.32. The molecule has 5 heteroatoms. The number of hydrogen-bond donors (Lipinski definition) is 1. The van der Waals surface area contributed by atoms with Crippen LogP contribution in [0.5, 0.6) is 0 Å². The maximum absolute atomic E-state index is 12.6. The minimum absolute atomic E-state index is 0.105. The zero-order valence-electron chi connectivity index (χ0n) is 16.0. The number of carbonyl (C=O) groups is 2. The van der Waals surface area contributed by atoms with Gasteiger partial charge in [0.15, 0.2) is 0 Å². The summed E-state index contributed by atoms with van der Waals surface area (Å²) in [6.07, 6.45) is 0.787. The number of amides is 3. The second-order valence-corrected chi connectivity index (χ2v) is 7.19. The first-order valence-corrected chi connectivity index (χ1v) is 9.51. The van der Waals surface area contributed by atoms with Crippen LogP contribution in [-0.4, -0.2) is 43.0 Å². The van der Waals surface area contributed by atoms with Crippen molar-refractivity contribution in [2.75, 3.05) is 31.1 Å². The molecule has 0 aliphatic carbocycles. The minimum atomic E-state index is -0.115. The van der Waals surface area contributed by atoms with Crippen LogP contribution >= 0.6 is 0 Å². The van der Waals surface area contributed by atoms with Gasteiger partial charge in [-0.15, -0.1) is 0 Å². The fraction of sp³-hybridized carbons (Fsp3) is 0.364. The van der Waals surface area contributed by atoms with Crippen LogP contribution in [0.15, 0.2) is 54.6 Å². The third-order valence-electron chi connectivity index (χ3n) is 4.88. The third-order valence-corrected chi connectivity index (χ3v) is 4.88. The van der Waals surface area contributed by atoms with Crippen molar-refractivity contribution in [1.29, 1.82) is 0 Å². The van der Waals surface area contributed by atoms with Crippen LogP contribution in [0.2, 0.25) is 0 Å². The first kappa shape index (κ1) is 19.0. The molecule has 0 spiro atoms. The highest BCUT2D eigenvalue weighted by Gasteiger charge is 2.30. The van der Waals surface area contributed by atoms with Gasteiger partial charge < -0.3 is 10.2 Å². The molecule has 1 aliphatic rings. The van der Waals surface area contributed by atoms with Gasteiger partial charge in [0.2, 0.25) is 5.91 Å². The normalized spacial score (nSPS) is 14.1. The van der Waals surface area contributed by atoms with Crippen LogP contribution in [0.4, 0.5) is 10.5 Å². The van der Waals surface area contributed by atoms with E-state index in [0.29, 0.717) is 25.6 Å². The second-order valence-electron chi connectivity index (χ2n) is 7.19. The monoisotopic (exact) mass is 365 g/mol. The molecule has 0 aromatic heterocycles. The molecule has 2 aromatic carbocycles. The highest BCUT2D eigenvalue weighted by atomic mass is 16.2. The van der Waals surface area contributed by atoms with Crippen molar-refractivity contribution < 1.29 is 9.59 Å². The van der Waals surface area contributed by atoms with Gasteiger partial charge in [-0.05, 0) is 35.6 Å². The molecule has 0 saturated carbocycles. The van der Waals surface area contributed by atoms with Crippen molar-refractivity contribution in [2.45, 2.75) is 26.2 Å². The Bertz CT molecular complexity index is 772. The number of urea groups is 1. The highest BCUT2D eigenvalue weighted by molar-refractivity contribution is 5.96. The first-order chi connectivity index (χ1) is 13.0. The van der Waals surface area contributed by atoms with Gasteiger partial charge in [-0.2, -0.15) is 0 Å². The van der Waals surface area contributed by atoms with Crippen LogP contribution in [0.3, 0.4) is 0 Å². The number of nitrogens with one attached hydrogen (secondary N) is 1. The highest BCUT2D eigenvalue weighted by Crippen LogP contribution is 2.23. The molecule has 27 heavy (non-hydrogen) atoms. The smallest absolute Gasteiger partial charge is 0.325 e. The summed E-state index contributed by atoms with van der Waals surface area (Å²) >= 11 is 0. The number of hydrogen-bond acceptors (Lipinski definition) is 2. The van der Waals surface area contributed by atoms with E-state index in [1.54, 1.807) is 9.80 Å². The molecule has 0 bridgehead atoms. The average molecular weight is 365 g/mol. The van der Waals surface area contributed by atoms with Gasteiger partial charge in [0, 0.05) is 25.3 Å². The summed E-state index contributed by atoms with van der Waals surface area (Å²) < 4.78 is 0. The molecule has 1 fully saturated rings. The number of benzene rings is 2. The zero-order chi connectivity index (χ0) is 19.2. The fourth-order valence-electron chi connectivity index (χ4n) is 3.23. The quantitative estimate of drug-likeness (QED) is 0.817. The minimum Gasteiger partial charge on any atom is -0.354 e. The molecule has 5 nitrogen and oxygen atoms in total. The molecule has 3 amide bonds. The van der Waals surface area contributed by atoms with E-state index in [1.807, 2.05) is 42.5 Å². The summed E-state index contributed by atoms with van der Waals surface area (Å²) in [6, 6.07) is 18.0. The Hall–Kier alpha value is -2.82. The van der Waals surface area contributed by atoms with Crippen LogP contribution < -0.4 is 10.2 Å². The lowest BCUT2D eigenvalue weighted by atomic mass is 10.0. The Morgan fingerprint density at radius 2 is 1.74 bits per heavy atom. The summed E-state index contributed by atoms with van der Waals surface area (Å²) in [4.78, 5) is 28.1. The van der Waals surface area contributed by atoms with Crippen molar-refractivity contribution in [3.8, 4) is 0 Å². The Morgan fingerprint density at radius 1 is 1.04 bits per heavy atom. The van der Waals surface area contributed by atoms with Gasteiger partial charge >= 0.3 is 6.03 Å². The molecule has 3 rings (SSSR count). The van der Waals surface area contributed by atoms with Gasteiger partial charge in [0.25, 0.3) is 0 Å². The molecule has 1 aliphatic heterocycles. The number of carbonyl (C=O) groups excluding carboxylic acids is 2. The zero-order valence-corrected chi connectivity index (χ0v) is 16.0. The molecule has 0 unspecified atom stereocenters. The SMILES string of the molecule is CC(C)c1ccc(N2CCN(CC(=O)NCCc3ccccc3)C2=O)cc1. The Kier molecular flexibility index (Phi) is 6.12. The van der Waals surface area contributed by atoms with Crippen LogP contribution in [0.1, 0.15) is 30.9 Å². The van der Waals surface area contributed by atoms with Crippen molar-refractivity contribution in [3.05, 3.63) is 65.7 Å². The third kappa shape index (κ3) is 4.88. The summed E-state index contributed by atoms with van der Waals surface area (Å²) in [5.74, 6) is 0.348. The molecule has 0 radical (unpaired) electrons. The summed E-state index contributed by atoms with van der Waals surface area (Å²) in [7, 11) is 0. The van der Waals surface area contributed by atoms with Gasteiger partial charge in [0.1, 0.15) is 6.54 Å². The van der Waals surface area contributed by atoms with E-state index in [2.05, 4.69) is 31.3 Å². The van der Waals surface area contributed by atoms with E-state index in [0.717, 1.165) is 12.1 Å². The number of rotatable bonds is 7. The second kappa shape index (κ2) is 8.71. The lowest BCUT2D eigenvalue weighted by Crippen LogP contribution is -2.40. The van der Waals surface area contributed by atoms with E-state index in [-0.39, 0.29) is 18.5 Å². The Morgan fingerprint density at radius 3 is 2.41 bits per heavy atom. The lowest BCUT2D eigenvalue weighted by Gasteiger charge is -2.19. The van der Waals surface area contributed by atoms with Crippen molar-refractivity contribution in [2.24, 2.45) is 0 Å². The first-order valence-electron chi connectivity index (χ1n) is 9.51. The predicted octanol–water partition coefficient (Wildman–Crippen LogP) is 3.41. The van der Waals surface area contributed by atoms with Crippen LogP contribution in [0.25, 0.3) is 0 Å². The topological polar surface area (TPSA) is 52.6 Å². The van der Waals surface area contributed by atoms with E-state index in [4.69, 9.17) is 0 Å². The van der Waals surface area contributed by atoms with Crippen LogP contribution in [0, 0.1) is 0 Å². The Labute approximate surface area is 161 Å². The van der Waals surface area contributed by atoms with E-state index in [9.17, 15) is 9.59 Å². The standard InChI is InChI=1S/C22H27N3O2/c1-17(2)19-8-10-20(11-9-19)25-15-14-24(22(25)27)16-21(26)23-13-12-18-6-4-3-5-7-18/h3-11,17H,12-16H2,1-2H3,(H,23,26). The van der Waals surface area contributed by atoms with E-state index >= 15 is 0 Å². The van der Waals surface area contributed by atoms with Gasteiger partial charge in [-0.1, -0.05) is 56.3 Å². The van der Waals surface area contributed by atoms with Gasteiger partial charge in [-0.3, -0.25) is 9.69 Å². The maximum Gasteiger partial charge on any atom is 0.325 e. The fourth-order valence-corrected chi connectivity index (χ4v) is 3.23. The number of nitrogens with zero attached hydrogens (tertiary/aromatic N) is 2. The van der Waals surface area contributed by atoms with E-state index in [1.165, 1.54) is 11.1 Å². The average Bonchev–Trinajstić information content (AvgIpc) is 3.03. The molecule has 1 heterocycles. The molecular formula is C22H27N3O2. The van der Waals surface area contributed by atoms with Gasteiger partial charge in [0.05, 0.1) is 0 Å². The maximum atomic E-state index is 12.6. The molecule has 1 N–H and O–H groups in total. The summed E-state index contributed by atoms with van der Waals surface area (Å²) in [5, 5.41) is 2.90. The van der Waals surface area contributed by atoms with E-state index < -0.39 is 0 Å². The predicted molar refractivity (Wildman–Crippen MR) is 108 cm³/mol. The molecule has 1 saturated heterocycles. The Balaban J connectivity index is 1.48. The van der Waals surface area contributed by atoms with Crippen molar-refractivity contribution >= 4 is 17.6 Å². The molecule has 142 valence electrons. The molecule has 0 atom stereocenters. The lowest BCUT2D eigenvalue weighted by molar-refractivity contribution is -0.121. The van der Waals surface area contributed by atoms with Gasteiger partial charge in [-0.25, -0.2) is 4.79 Å². The van der Waals surface area contributed by atoms with Crippen LogP contribution in [-0.2, 0) is 11.2 Å². The van der Waals surface area contributed by atoms with Crippen molar-refractivity contribution in [1.82, 2.24) is 10.2 Å². The molecule has 2 aromatic rings. The largest absolute Gasteiger partial charge is 0.354 e. The number of anilines is 1.